The fourth-order valence-corrected chi connectivity index (χ4v) is 1.77. The molecule has 0 aliphatic carbocycles. The summed E-state index contributed by atoms with van der Waals surface area (Å²) in [5, 5.41) is 19.3. The molecule has 0 aliphatic rings. The highest BCUT2D eigenvalue weighted by Crippen LogP contribution is 2.35. The van der Waals surface area contributed by atoms with Crippen LogP contribution in [0.5, 0.6) is 11.5 Å². The maximum Gasteiger partial charge on any atom is 0.134 e. The Balaban J connectivity index is 2.64. The van der Waals surface area contributed by atoms with Crippen molar-refractivity contribution in [3.8, 4) is 22.6 Å². The SMILES string of the molecule is Cc1cc(-c2ccc(O)cc2F)c(O)cc1Cl. The summed E-state index contributed by atoms with van der Waals surface area (Å²) in [6, 6.07) is 6.75. The Kier molecular flexibility index (Phi) is 2.94. The first-order valence-corrected chi connectivity index (χ1v) is 5.35. The summed E-state index contributed by atoms with van der Waals surface area (Å²) in [6.07, 6.45) is 0. The zero-order valence-corrected chi connectivity index (χ0v) is 9.79. The molecule has 0 unspecified atom stereocenters. The molecule has 2 nitrogen and oxygen atoms in total. The molecular weight excluding hydrogens is 243 g/mol. The molecule has 2 N–H and O–H groups in total. The summed E-state index contributed by atoms with van der Waals surface area (Å²) in [5.41, 5.74) is 1.32. The third-order valence-electron chi connectivity index (χ3n) is 2.52. The molecule has 0 aliphatic heterocycles. The van der Waals surface area contributed by atoms with Crippen molar-refractivity contribution in [3.63, 3.8) is 0 Å². The lowest BCUT2D eigenvalue weighted by molar-refractivity contribution is 0.468. The van der Waals surface area contributed by atoms with Crippen LogP contribution in [0.1, 0.15) is 5.56 Å². The molecule has 0 spiro atoms. The average Bonchev–Trinajstić information content (AvgIpc) is 2.24. The highest BCUT2D eigenvalue weighted by Gasteiger charge is 2.12. The minimum absolute atomic E-state index is 0.0924. The molecule has 0 bridgehead atoms. The van der Waals surface area contributed by atoms with Gasteiger partial charge in [-0.15, -0.1) is 0 Å². The second-order valence-electron chi connectivity index (χ2n) is 3.78. The van der Waals surface area contributed by atoms with E-state index in [-0.39, 0.29) is 17.1 Å². The molecule has 0 fully saturated rings. The van der Waals surface area contributed by atoms with E-state index in [0.29, 0.717) is 10.6 Å². The van der Waals surface area contributed by atoms with Gasteiger partial charge in [0.05, 0.1) is 0 Å². The Labute approximate surface area is 103 Å². The average molecular weight is 253 g/mol. The van der Waals surface area contributed by atoms with E-state index in [1.165, 1.54) is 18.2 Å². The zero-order valence-electron chi connectivity index (χ0n) is 9.04. The third-order valence-corrected chi connectivity index (χ3v) is 2.93. The lowest BCUT2D eigenvalue weighted by Crippen LogP contribution is -1.87. The van der Waals surface area contributed by atoms with Gasteiger partial charge in [-0.25, -0.2) is 4.39 Å². The smallest absolute Gasteiger partial charge is 0.134 e. The van der Waals surface area contributed by atoms with Crippen molar-refractivity contribution in [1.29, 1.82) is 0 Å². The van der Waals surface area contributed by atoms with Crippen LogP contribution < -0.4 is 0 Å². The minimum atomic E-state index is -0.595. The molecule has 0 saturated heterocycles. The first kappa shape index (κ1) is 11.7. The van der Waals surface area contributed by atoms with Gasteiger partial charge in [0.25, 0.3) is 0 Å². The first-order valence-electron chi connectivity index (χ1n) is 4.97. The van der Waals surface area contributed by atoms with Crippen LogP contribution in [-0.2, 0) is 0 Å². The van der Waals surface area contributed by atoms with E-state index in [1.54, 1.807) is 13.0 Å². The number of aryl methyl sites for hydroxylation is 1. The molecule has 2 aromatic carbocycles. The number of hydrogen-bond acceptors (Lipinski definition) is 2. The quantitative estimate of drug-likeness (QED) is 0.809. The van der Waals surface area contributed by atoms with E-state index in [0.717, 1.165) is 11.6 Å². The van der Waals surface area contributed by atoms with Crippen molar-refractivity contribution in [2.45, 2.75) is 6.92 Å². The lowest BCUT2D eigenvalue weighted by Gasteiger charge is -2.09. The van der Waals surface area contributed by atoms with Gasteiger partial charge < -0.3 is 10.2 Å². The third kappa shape index (κ3) is 2.19. The summed E-state index contributed by atoms with van der Waals surface area (Å²) >= 11 is 5.84. The van der Waals surface area contributed by atoms with Crippen molar-refractivity contribution in [2.75, 3.05) is 0 Å². The van der Waals surface area contributed by atoms with Crippen molar-refractivity contribution in [3.05, 3.63) is 46.7 Å². The van der Waals surface area contributed by atoms with Gasteiger partial charge in [-0.05, 0) is 36.8 Å². The van der Waals surface area contributed by atoms with Crippen molar-refractivity contribution in [2.24, 2.45) is 0 Å². The van der Waals surface area contributed by atoms with Gasteiger partial charge in [0.2, 0.25) is 0 Å². The zero-order chi connectivity index (χ0) is 12.6. The summed E-state index contributed by atoms with van der Waals surface area (Å²) in [4.78, 5) is 0. The molecule has 17 heavy (non-hydrogen) atoms. The summed E-state index contributed by atoms with van der Waals surface area (Å²) in [5.74, 6) is -0.844. The van der Waals surface area contributed by atoms with Gasteiger partial charge in [-0.1, -0.05) is 11.6 Å². The van der Waals surface area contributed by atoms with Crippen LogP contribution in [0.4, 0.5) is 4.39 Å². The Morgan fingerprint density at radius 2 is 1.76 bits per heavy atom. The van der Waals surface area contributed by atoms with E-state index in [4.69, 9.17) is 16.7 Å². The largest absolute Gasteiger partial charge is 0.508 e. The second-order valence-corrected chi connectivity index (χ2v) is 4.19. The highest BCUT2D eigenvalue weighted by molar-refractivity contribution is 6.31. The number of hydrogen-bond donors (Lipinski definition) is 2. The van der Waals surface area contributed by atoms with E-state index in [9.17, 15) is 9.50 Å². The van der Waals surface area contributed by atoms with Gasteiger partial charge in [0.15, 0.2) is 0 Å². The van der Waals surface area contributed by atoms with Crippen molar-refractivity contribution in [1.82, 2.24) is 0 Å². The molecule has 0 atom stereocenters. The molecule has 0 saturated carbocycles. The van der Waals surface area contributed by atoms with E-state index in [1.807, 2.05) is 0 Å². The number of aromatic hydroxyl groups is 2. The fraction of sp³-hybridized carbons (Fsp3) is 0.0769. The summed E-state index contributed by atoms with van der Waals surface area (Å²) in [7, 11) is 0. The van der Waals surface area contributed by atoms with Crippen LogP contribution in [0.15, 0.2) is 30.3 Å². The monoisotopic (exact) mass is 252 g/mol. The second kappa shape index (κ2) is 4.26. The standard InChI is InChI=1S/C13H10ClFO2/c1-7-4-10(13(17)6-11(7)14)9-3-2-8(16)5-12(9)15/h2-6,16-17H,1H3. The molecule has 0 heterocycles. The van der Waals surface area contributed by atoms with Crippen molar-refractivity contribution < 1.29 is 14.6 Å². The minimum Gasteiger partial charge on any atom is -0.508 e. The molecule has 2 aromatic rings. The Bertz CT molecular complexity index is 582. The van der Waals surface area contributed by atoms with Crippen LogP contribution in [0.2, 0.25) is 5.02 Å². The predicted octanol–water partition coefficient (Wildman–Crippen LogP) is 3.87. The molecule has 2 rings (SSSR count). The number of phenols is 2. The Morgan fingerprint density at radius 1 is 1.06 bits per heavy atom. The van der Waals surface area contributed by atoms with E-state index in [2.05, 4.69) is 0 Å². The topological polar surface area (TPSA) is 40.5 Å². The normalized spacial score (nSPS) is 10.5. The molecular formula is C13H10ClFO2. The van der Waals surface area contributed by atoms with Crippen molar-refractivity contribution >= 4 is 11.6 Å². The van der Waals surface area contributed by atoms with E-state index >= 15 is 0 Å². The van der Waals surface area contributed by atoms with Gasteiger partial charge in [-0.2, -0.15) is 0 Å². The number of benzene rings is 2. The molecule has 88 valence electrons. The van der Waals surface area contributed by atoms with Crippen LogP contribution in [-0.4, -0.2) is 10.2 Å². The summed E-state index contributed by atoms with van der Waals surface area (Å²) in [6.45, 7) is 1.77. The van der Waals surface area contributed by atoms with Gasteiger partial charge in [0, 0.05) is 22.2 Å². The predicted molar refractivity (Wildman–Crippen MR) is 64.9 cm³/mol. The maximum absolute atomic E-state index is 13.6. The molecule has 0 amide bonds. The number of rotatable bonds is 1. The summed E-state index contributed by atoms with van der Waals surface area (Å²) < 4.78 is 13.6. The van der Waals surface area contributed by atoms with Gasteiger partial charge >= 0.3 is 0 Å². The van der Waals surface area contributed by atoms with Gasteiger partial charge in [0.1, 0.15) is 17.3 Å². The lowest BCUT2D eigenvalue weighted by atomic mass is 10.0. The fourth-order valence-electron chi connectivity index (χ4n) is 1.61. The number of phenolic OH excluding ortho intramolecular Hbond substituents is 2. The van der Waals surface area contributed by atoms with Crippen LogP contribution in [0, 0.1) is 12.7 Å². The van der Waals surface area contributed by atoms with E-state index < -0.39 is 5.82 Å². The molecule has 0 radical (unpaired) electrons. The molecule has 0 aromatic heterocycles. The number of halogens is 2. The van der Waals surface area contributed by atoms with Crippen LogP contribution in [0.3, 0.4) is 0 Å². The van der Waals surface area contributed by atoms with Gasteiger partial charge in [-0.3, -0.25) is 0 Å². The first-order chi connectivity index (χ1) is 7.99. The molecule has 4 heteroatoms. The Morgan fingerprint density at radius 3 is 2.41 bits per heavy atom. The maximum atomic E-state index is 13.6. The van der Waals surface area contributed by atoms with Crippen LogP contribution in [0.25, 0.3) is 11.1 Å². The van der Waals surface area contributed by atoms with Crippen LogP contribution >= 0.6 is 11.6 Å². The Hall–Kier alpha value is -1.74. The highest BCUT2D eigenvalue weighted by atomic mass is 35.5.